The second kappa shape index (κ2) is 14.4. The molecule has 1 rings (SSSR count). The first-order chi connectivity index (χ1) is 12.2. The van der Waals surface area contributed by atoms with Gasteiger partial charge in [0.05, 0.1) is 0 Å². The van der Waals surface area contributed by atoms with E-state index in [9.17, 15) is 0 Å². The summed E-state index contributed by atoms with van der Waals surface area (Å²) in [5, 5.41) is 0. The standard InChI is InChI=1S/C10H15O2.3C4H9.Sn/c1-2-3-4-5-6-7-10-11-8-9-12-10;3*1-3-4-2;/h2,10H,5-9H2,1H3;3*1,3-4H2,2H3;. The van der Waals surface area contributed by atoms with Gasteiger partial charge in [0, 0.05) is 0 Å². The minimum absolute atomic E-state index is 0.0381. The number of hydrogen-bond donors (Lipinski definition) is 0. The van der Waals surface area contributed by atoms with Crippen molar-refractivity contribution in [3.63, 3.8) is 0 Å². The summed E-state index contributed by atoms with van der Waals surface area (Å²) in [7, 11) is 0. The van der Waals surface area contributed by atoms with E-state index >= 15 is 0 Å². The van der Waals surface area contributed by atoms with Gasteiger partial charge >= 0.3 is 162 Å². The Labute approximate surface area is 161 Å². The minimum atomic E-state index is -2.15. The molecule has 0 aromatic heterocycles. The zero-order chi connectivity index (χ0) is 18.4. The Bertz CT molecular complexity index is 357. The zero-order valence-corrected chi connectivity index (χ0v) is 20.2. The summed E-state index contributed by atoms with van der Waals surface area (Å²) in [5.41, 5.74) is 0. The Hall–Kier alpha value is 0.279. The van der Waals surface area contributed by atoms with Crippen LogP contribution in [0, 0.1) is 11.8 Å². The van der Waals surface area contributed by atoms with Crippen molar-refractivity contribution in [2.75, 3.05) is 13.2 Å². The van der Waals surface area contributed by atoms with E-state index < -0.39 is 18.4 Å². The molecular formula is C22H42O2Sn. The maximum atomic E-state index is 5.51. The Balaban J connectivity index is 2.58. The van der Waals surface area contributed by atoms with Crippen molar-refractivity contribution in [3.8, 4) is 11.8 Å². The fraction of sp³-hybridized carbons (Fsp3) is 0.909. The van der Waals surface area contributed by atoms with Crippen LogP contribution in [0.15, 0.2) is 0 Å². The molecule has 1 fully saturated rings. The van der Waals surface area contributed by atoms with E-state index in [-0.39, 0.29) is 6.29 Å². The van der Waals surface area contributed by atoms with Crippen LogP contribution in [0.1, 0.15) is 85.5 Å². The Morgan fingerprint density at radius 3 is 1.88 bits per heavy atom. The van der Waals surface area contributed by atoms with Gasteiger partial charge in [0.15, 0.2) is 0 Å². The van der Waals surface area contributed by atoms with Gasteiger partial charge in [-0.25, -0.2) is 0 Å². The van der Waals surface area contributed by atoms with Gasteiger partial charge in [-0.05, 0) is 0 Å². The van der Waals surface area contributed by atoms with Gasteiger partial charge in [-0.1, -0.05) is 0 Å². The van der Waals surface area contributed by atoms with E-state index in [0.29, 0.717) is 0 Å². The van der Waals surface area contributed by atoms with Gasteiger partial charge in [0.1, 0.15) is 0 Å². The zero-order valence-electron chi connectivity index (χ0n) is 17.4. The molecule has 1 aliphatic heterocycles. The molecule has 0 aromatic carbocycles. The molecule has 1 unspecified atom stereocenters. The Kier molecular flexibility index (Phi) is 13.4. The second-order valence-electron chi connectivity index (χ2n) is 7.78. The first kappa shape index (κ1) is 23.3. The number of unbranched alkanes of at least 4 members (excludes halogenated alkanes) is 4. The molecular weight excluding hydrogens is 415 g/mol. The van der Waals surface area contributed by atoms with Crippen LogP contribution in [0.3, 0.4) is 0 Å². The second-order valence-corrected chi connectivity index (χ2v) is 22.3. The van der Waals surface area contributed by atoms with Gasteiger partial charge in [-0.2, -0.15) is 0 Å². The molecule has 146 valence electrons. The quantitative estimate of drug-likeness (QED) is 0.173. The predicted molar refractivity (Wildman–Crippen MR) is 112 cm³/mol. The van der Waals surface area contributed by atoms with Crippen LogP contribution >= 0.6 is 0 Å². The van der Waals surface area contributed by atoms with Gasteiger partial charge < -0.3 is 0 Å². The SMILES string of the molecule is CCC[CH2][Sn]([CH2]CCC)([CH2]CCC)[CH](C)C#CCCCC1OCCO1. The summed E-state index contributed by atoms with van der Waals surface area (Å²) in [6.45, 7) is 11.0. The predicted octanol–water partition coefficient (Wildman–Crippen LogP) is 6.77. The van der Waals surface area contributed by atoms with Gasteiger partial charge in [-0.15, -0.1) is 0 Å². The van der Waals surface area contributed by atoms with E-state index in [1.165, 1.54) is 38.5 Å². The summed E-state index contributed by atoms with van der Waals surface area (Å²) in [6.07, 6.45) is 11.5. The van der Waals surface area contributed by atoms with E-state index in [1.807, 2.05) is 0 Å². The van der Waals surface area contributed by atoms with Crippen molar-refractivity contribution >= 4 is 18.4 Å². The van der Waals surface area contributed by atoms with Crippen molar-refractivity contribution < 1.29 is 9.47 Å². The molecule has 0 saturated carbocycles. The normalized spacial score (nSPS) is 16.6. The third-order valence-electron chi connectivity index (χ3n) is 5.75. The molecule has 25 heavy (non-hydrogen) atoms. The van der Waals surface area contributed by atoms with Crippen molar-refractivity contribution in [2.45, 2.75) is 109 Å². The van der Waals surface area contributed by atoms with Crippen LogP contribution < -0.4 is 0 Å². The summed E-state index contributed by atoms with van der Waals surface area (Å²) >= 11 is -2.15. The molecule has 0 spiro atoms. The monoisotopic (exact) mass is 458 g/mol. The van der Waals surface area contributed by atoms with Crippen LogP contribution in [0.4, 0.5) is 0 Å². The molecule has 0 aliphatic carbocycles. The molecule has 3 heteroatoms. The summed E-state index contributed by atoms with van der Waals surface area (Å²) in [5.74, 6) is 7.27. The third kappa shape index (κ3) is 9.16. The van der Waals surface area contributed by atoms with Crippen LogP contribution in [0.5, 0.6) is 0 Å². The fourth-order valence-corrected chi connectivity index (χ4v) is 20.0. The molecule has 0 radical (unpaired) electrons. The molecule has 0 amide bonds. The maximum absolute atomic E-state index is 5.51. The Morgan fingerprint density at radius 2 is 1.40 bits per heavy atom. The molecule has 1 heterocycles. The first-order valence-electron chi connectivity index (χ1n) is 10.9. The molecule has 1 atom stereocenters. The van der Waals surface area contributed by atoms with Crippen molar-refractivity contribution in [3.05, 3.63) is 0 Å². The average Bonchev–Trinajstić information content (AvgIpc) is 3.14. The molecule has 0 N–H and O–H groups in total. The van der Waals surface area contributed by atoms with Gasteiger partial charge in [0.25, 0.3) is 0 Å². The fourth-order valence-electron chi connectivity index (χ4n) is 3.92. The molecule has 0 bridgehead atoms. The van der Waals surface area contributed by atoms with E-state index in [1.54, 1.807) is 13.3 Å². The van der Waals surface area contributed by atoms with E-state index in [2.05, 4.69) is 39.5 Å². The number of rotatable bonds is 13. The first-order valence-corrected chi connectivity index (χ1v) is 18.6. The van der Waals surface area contributed by atoms with Crippen molar-refractivity contribution in [1.29, 1.82) is 0 Å². The Morgan fingerprint density at radius 1 is 0.880 bits per heavy atom. The molecule has 1 aliphatic rings. The molecule has 2 nitrogen and oxygen atoms in total. The number of ether oxygens (including phenoxy) is 2. The van der Waals surface area contributed by atoms with Crippen LogP contribution in [-0.4, -0.2) is 37.9 Å². The van der Waals surface area contributed by atoms with Crippen LogP contribution in [0.25, 0.3) is 0 Å². The summed E-state index contributed by atoms with van der Waals surface area (Å²) < 4.78 is 16.4. The van der Waals surface area contributed by atoms with Gasteiger partial charge in [-0.3, -0.25) is 0 Å². The van der Waals surface area contributed by atoms with Gasteiger partial charge in [0.2, 0.25) is 0 Å². The molecule has 1 saturated heterocycles. The van der Waals surface area contributed by atoms with E-state index in [4.69, 9.17) is 9.47 Å². The van der Waals surface area contributed by atoms with Crippen molar-refractivity contribution in [2.24, 2.45) is 0 Å². The third-order valence-corrected chi connectivity index (χ3v) is 23.0. The van der Waals surface area contributed by atoms with Crippen molar-refractivity contribution in [1.82, 2.24) is 0 Å². The number of hydrogen-bond acceptors (Lipinski definition) is 2. The van der Waals surface area contributed by atoms with Crippen LogP contribution in [0.2, 0.25) is 17.2 Å². The molecule has 0 aromatic rings. The topological polar surface area (TPSA) is 18.5 Å². The summed E-state index contributed by atoms with van der Waals surface area (Å²) in [6, 6.07) is 0. The van der Waals surface area contributed by atoms with E-state index in [0.717, 1.165) is 36.4 Å². The van der Waals surface area contributed by atoms with Crippen LogP contribution in [-0.2, 0) is 9.47 Å². The summed E-state index contributed by atoms with van der Waals surface area (Å²) in [4.78, 5) is 0. The average molecular weight is 457 g/mol.